The number of H-pyrrole nitrogens is 2. The van der Waals surface area contributed by atoms with Crippen molar-refractivity contribution in [2.75, 3.05) is 4.72 Å². The van der Waals surface area contributed by atoms with Crippen molar-refractivity contribution in [1.82, 2.24) is 19.9 Å². The Morgan fingerprint density at radius 2 is 1.61 bits per heavy atom. The van der Waals surface area contributed by atoms with Gasteiger partial charge in [0.1, 0.15) is 0 Å². The van der Waals surface area contributed by atoms with Crippen LogP contribution in [0.5, 0.6) is 0 Å². The number of rotatable bonds is 4. The number of pyridine rings is 2. The number of nitrogens with one attached hydrogen (secondary N) is 3. The third-order valence-corrected chi connectivity index (χ3v) is 6.40. The molecule has 0 fully saturated rings. The van der Waals surface area contributed by atoms with Gasteiger partial charge in [0.05, 0.1) is 43.6 Å². The second-order valence-corrected chi connectivity index (χ2v) is 9.12. The van der Waals surface area contributed by atoms with Crippen LogP contribution in [0.15, 0.2) is 57.3 Å². The first-order chi connectivity index (χ1) is 14.6. The third kappa shape index (κ3) is 4.18. The van der Waals surface area contributed by atoms with Crippen molar-refractivity contribution in [3.8, 4) is 11.3 Å². The number of hydrogen-bond donors (Lipinski definition) is 3. The lowest BCUT2D eigenvalue weighted by Gasteiger charge is -2.12. The van der Waals surface area contributed by atoms with Crippen molar-refractivity contribution in [2.45, 2.75) is 11.8 Å². The molecule has 3 heterocycles. The van der Waals surface area contributed by atoms with Crippen LogP contribution in [0.4, 0.5) is 5.69 Å². The SMILES string of the molecule is Cc1cc2[nH]c(=O)c(=O)[nH]c2cc1S(=O)(=O)Nc1cnc(-c2cncc(Cl)c2)c(Cl)c1. The lowest BCUT2D eigenvalue weighted by Crippen LogP contribution is -2.29. The topological polar surface area (TPSA) is 138 Å². The smallest absolute Gasteiger partial charge is 0.314 e. The number of halogens is 2. The summed E-state index contributed by atoms with van der Waals surface area (Å²) in [7, 11) is -4.06. The van der Waals surface area contributed by atoms with Gasteiger partial charge in [-0.3, -0.25) is 24.3 Å². The Morgan fingerprint density at radius 3 is 2.26 bits per heavy atom. The van der Waals surface area contributed by atoms with E-state index >= 15 is 0 Å². The molecule has 0 saturated carbocycles. The molecule has 158 valence electrons. The summed E-state index contributed by atoms with van der Waals surface area (Å²) in [6.45, 7) is 1.57. The van der Waals surface area contributed by atoms with E-state index in [4.69, 9.17) is 23.2 Å². The van der Waals surface area contributed by atoms with Gasteiger partial charge in [-0.05, 0) is 36.8 Å². The molecule has 31 heavy (non-hydrogen) atoms. The van der Waals surface area contributed by atoms with E-state index in [1.54, 1.807) is 13.0 Å². The van der Waals surface area contributed by atoms with Crippen molar-refractivity contribution >= 4 is 49.9 Å². The van der Waals surface area contributed by atoms with Gasteiger partial charge in [-0.2, -0.15) is 0 Å². The van der Waals surface area contributed by atoms with Crippen LogP contribution in [-0.2, 0) is 10.0 Å². The molecule has 0 amide bonds. The molecular weight excluding hydrogens is 465 g/mol. The van der Waals surface area contributed by atoms with Crippen LogP contribution in [0.1, 0.15) is 5.56 Å². The minimum absolute atomic E-state index is 0.0815. The molecule has 0 aliphatic rings. The molecule has 0 aliphatic carbocycles. The van der Waals surface area contributed by atoms with E-state index in [1.165, 1.54) is 36.8 Å². The highest BCUT2D eigenvalue weighted by atomic mass is 35.5. The van der Waals surface area contributed by atoms with E-state index in [0.29, 0.717) is 27.4 Å². The van der Waals surface area contributed by atoms with Crippen molar-refractivity contribution in [2.24, 2.45) is 0 Å². The van der Waals surface area contributed by atoms with E-state index < -0.39 is 21.1 Å². The fraction of sp³-hybridized carbons (Fsp3) is 0.0526. The number of sulfonamides is 1. The molecule has 0 radical (unpaired) electrons. The minimum Gasteiger partial charge on any atom is -0.316 e. The standard InChI is InChI=1S/C19H13Cl2N5O4S/c1-9-2-14-15(25-19(28)18(27)24-14)5-16(9)31(29,30)26-12-4-13(21)17(23-8-12)10-3-11(20)7-22-6-10/h2-8,26H,1H3,(H,24,27)(H,25,28). The first kappa shape index (κ1) is 21.0. The molecule has 9 nitrogen and oxygen atoms in total. The quantitative estimate of drug-likeness (QED) is 0.386. The van der Waals surface area contributed by atoms with Gasteiger partial charge < -0.3 is 9.97 Å². The van der Waals surface area contributed by atoms with Gasteiger partial charge in [-0.1, -0.05) is 23.2 Å². The highest BCUT2D eigenvalue weighted by Gasteiger charge is 2.20. The molecule has 0 aliphatic heterocycles. The Hall–Kier alpha value is -3.21. The third-order valence-electron chi connectivity index (χ3n) is 4.38. The average molecular weight is 478 g/mol. The predicted octanol–water partition coefficient (Wildman–Crippen LogP) is 3.09. The molecule has 12 heteroatoms. The van der Waals surface area contributed by atoms with Gasteiger partial charge in [0, 0.05) is 18.0 Å². The number of anilines is 1. The van der Waals surface area contributed by atoms with E-state index in [2.05, 4.69) is 24.7 Å². The van der Waals surface area contributed by atoms with E-state index in [9.17, 15) is 18.0 Å². The second kappa shape index (κ2) is 7.80. The molecule has 4 aromatic rings. The Labute approximate surface area is 185 Å². The number of benzene rings is 1. The summed E-state index contributed by atoms with van der Waals surface area (Å²) in [5, 5.41) is 0.604. The van der Waals surface area contributed by atoms with Crippen molar-refractivity contribution < 1.29 is 8.42 Å². The van der Waals surface area contributed by atoms with Crippen LogP contribution in [0.25, 0.3) is 22.3 Å². The normalized spacial score (nSPS) is 11.6. The van der Waals surface area contributed by atoms with Gasteiger partial charge in [0.25, 0.3) is 10.0 Å². The maximum Gasteiger partial charge on any atom is 0.314 e. The van der Waals surface area contributed by atoms with Crippen LogP contribution >= 0.6 is 23.2 Å². The second-order valence-electron chi connectivity index (χ2n) is 6.62. The Morgan fingerprint density at radius 1 is 0.935 bits per heavy atom. The zero-order valence-electron chi connectivity index (χ0n) is 15.7. The van der Waals surface area contributed by atoms with Crippen LogP contribution in [0.2, 0.25) is 10.0 Å². The van der Waals surface area contributed by atoms with E-state index in [0.717, 1.165) is 0 Å². The van der Waals surface area contributed by atoms with Gasteiger partial charge in [-0.15, -0.1) is 0 Å². The molecule has 0 atom stereocenters. The summed E-state index contributed by atoms with van der Waals surface area (Å²) in [4.78, 5) is 35.9. The summed E-state index contributed by atoms with van der Waals surface area (Å²) < 4.78 is 28.3. The van der Waals surface area contributed by atoms with Gasteiger partial charge in [0.15, 0.2) is 0 Å². The highest BCUT2D eigenvalue weighted by Crippen LogP contribution is 2.30. The molecular formula is C19H13Cl2N5O4S. The number of fused-ring (bicyclic) bond motifs is 1. The maximum atomic E-state index is 13.0. The van der Waals surface area contributed by atoms with Crippen LogP contribution < -0.4 is 15.8 Å². The van der Waals surface area contributed by atoms with E-state index in [1.807, 2.05) is 0 Å². The molecule has 1 aromatic carbocycles. The first-order valence-electron chi connectivity index (χ1n) is 8.70. The fourth-order valence-electron chi connectivity index (χ4n) is 3.00. The van der Waals surface area contributed by atoms with Crippen LogP contribution in [0, 0.1) is 6.92 Å². The summed E-state index contributed by atoms with van der Waals surface area (Å²) >= 11 is 12.2. The summed E-state index contributed by atoms with van der Waals surface area (Å²) in [5.41, 5.74) is 0.256. The molecule has 3 N–H and O–H groups in total. The molecule has 3 aromatic heterocycles. The summed E-state index contributed by atoms with van der Waals surface area (Å²) in [6, 6.07) is 5.78. The number of aromatic amines is 2. The number of aryl methyl sites for hydroxylation is 1. The Bertz CT molecular complexity index is 1560. The van der Waals surface area contributed by atoms with Crippen molar-refractivity contribution in [3.05, 3.63) is 79.2 Å². The maximum absolute atomic E-state index is 13.0. The van der Waals surface area contributed by atoms with Crippen molar-refractivity contribution in [1.29, 1.82) is 0 Å². The number of aromatic nitrogens is 4. The zero-order chi connectivity index (χ0) is 22.3. The number of nitrogens with zero attached hydrogens (tertiary/aromatic N) is 2. The van der Waals surface area contributed by atoms with Gasteiger partial charge >= 0.3 is 11.1 Å². The fourth-order valence-corrected chi connectivity index (χ4v) is 4.74. The summed E-state index contributed by atoms with van der Waals surface area (Å²) in [6.07, 6.45) is 4.32. The minimum atomic E-state index is -4.06. The predicted molar refractivity (Wildman–Crippen MR) is 118 cm³/mol. The zero-order valence-corrected chi connectivity index (χ0v) is 18.1. The lowest BCUT2D eigenvalue weighted by atomic mass is 10.2. The molecule has 4 rings (SSSR count). The monoisotopic (exact) mass is 477 g/mol. The first-order valence-corrected chi connectivity index (χ1v) is 10.9. The molecule has 0 bridgehead atoms. The van der Waals surface area contributed by atoms with Gasteiger partial charge in [0.2, 0.25) is 0 Å². The largest absolute Gasteiger partial charge is 0.316 e. The van der Waals surface area contributed by atoms with E-state index in [-0.39, 0.29) is 21.1 Å². The highest BCUT2D eigenvalue weighted by molar-refractivity contribution is 7.92. The molecule has 0 spiro atoms. The Kier molecular flexibility index (Phi) is 5.29. The summed E-state index contributed by atoms with van der Waals surface area (Å²) in [5.74, 6) is 0. The van der Waals surface area contributed by atoms with Crippen LogP contribution in [0.3, 0.4) is 0 Å². The Balaban J connectivity index is 1.71. The molecule has 0 saturated heterocycles. The molecule has 0 unspecified atom stereocenters. The van der Waals surface area contributed by atoms with Crippen LogP contribution in [-0.4, -0.2) is 28.4 Å². The number of hydrogen-bond acceptors (Lipinski definition) is 6. The lowest BCUT2D eigenvalue weighted by molar-refractivity contribution is 0.600. The van der Waals surface area contributed by atoms with Crippen molar-refractivity contribution in [3.63, 3.8) is 0 Å². The van der Waals surface area contributed by atoms with Gasteiger partial charge in [-0.25, -0.2) is 8.42 Å². The average Bonchev–Trinajstić information content (AvgIpc) is 2.68.